The molecule has 1 aliphatic carbocycles. The average Bonchev–Trinajstić information content (AvgIpc) is 2.44. The standard InChI is InChI=1S/C12H14O/c1-2-5-11-10-7-4-3-6-9(10)8-12(11)13/h2-4,6-7,11-13H,1,5,8H2/t11-,12+/m0/s1. The van der Waals surface area contributed by atoms with Crippen LogP contribution in [-0.2, 0) is 6.42 Å². The first-order valence-corrected chi connectivity index (χ1v) is 4.69. The average molecular weight is 174 g/mol. The van der Waals surface area contributed by atoms with E-state index in [0.717, 1.165) is 12.8 Å². The molecule has 0 unspecified atom stereocenters. The van der Waals surface area contributed by atoms with Gasteiger partial charge >= 0.3 is 0 Å². The van der Waals surface area contributed by atoms with E-state index >= 15 is 0 Å². The molecule has 0 amide bonds. The third-order valence-electron chi connectivity index (χ3n) is 2.77. The topological polar surface area (TPSA) is 20.2 Å². The summed E-state index contributed by atoms with van der Waals surface area (Å²) >= 11 is 0. The molecule has 0 saturated carbocycles. The summed E-state index contributed by atoms with van der Waals surface area (Å²) in [4.78, 5) is 0. The number of aliphatic hydroxyl groups excluding tert-OH is 1. The SMILES string of the molecule is C=CC[C@H]1c2ccccc2C[C@H]1O. The van der Waals surface area contributed by atoms with Crippen LogP contribution in [0.2, 0.25) is 0 Å². The van der Waals surface area contributed by atoms with Gasteiger partial charge in [-0.2, -0.15) is 0 Å². The van der Waals surface area contributed by atoms with Gasteiger partial charge in [0, 0.05) is 5.92 Å². The Morgan fingerprint density at radius 2 is 2.23 bits per heavy atom. The molecule has 13 heavy (non-hydrogen) atoms. The molecule has 1 aromatic carbocycles. The fraction of sp³-hybridized carbons (Fsp3) is 0.333. The molecule has 0 radical (unpaired) electrons. The second-order valence-corrected chi connectivity index (χ2v) is 3.60. The monoisotopic (exact) mass is 174 g/mol. The summed E-state index contributed by atoms with van der Waals surface area (Å²) in [5.41, 5.74) is 2.59. The van der Waals surface area contributed by atoms with Gasteiger partial charge in [0.05, 0.1) is 6.10 Å². The van der Waals surface area contributed by atoms with Crippen molar-refractivity contribution in [3.8, 4) is 0 Å². The van der Waals surface area contributed by atoms with Crippen LogP contribution in [0.15, 0.2) is 36.9 Å². The Kier molecular flexibility index (Phi) is 2.19. The molecule has 0 aliphatic heterocycles. The highest BCUT2D eigenvalue weighted by Gasteiger charge is 2.29. The molecule has 0 spiro atoms. The molecule has 2 rings (SSSR count). The van der Waals surface area contributed by atoms with Crippen LogP contribution in [0.4, 0.5) is 0 Å². The highest BCUT2D eigenvalue weighted by molar-refractivity contribution is 5.37. The third-order valence-corrected chi connectivity index (χ3v) is 2.77. The summed E-state index contributed by atoms with van der Waals surface area (Å²) in [5, 5.41) is 9.79. The van der Waals surface area contributed by atoms with Crippen molar-refractivity contribution in [2.75, 3.05) is 0 Å². The first kappa shape index (κ1) is 8.52. The molecule has 1 aliphatic rings. The normalized spacial score (nSPS) is 25.6. The fourth-order valence-corrected chi connectivity index (χ4v) is 2.12. The number of fused-ring (bicyclic) bond motifs is 1. The maximum absolute atomic E-state index is 9.79. The van der Waals surface area contributed by atoms with Crippen LogP contribution in [0.3, 0.4) is 0 Å². The Labute approximate surface area is 78.7 Å². The number of hydrogen-bond acceptors (Lipinski definition) is 1. The van der Waals surface area contributed by atoms with Crippen molar-refractivity contribution in [2.45, 2.75) is 24.9 Å². The predicted octanol–water partition coefficient (Wildman–Crippen LogP) is 2.26. The van der Waals surface area contributed by atoms with Gasteiger partial charge in [-0.25, -0.2) is 0 Å². The molecule has 0 aromatic heterocycles. The van der Waals surface area contributed by atoms with Crippen molar-refractivity contribution in [2.24, 2.45) is 0 Å². The van der Waals surface area contributed by atoms with Crippen molar-refractivity contribution in [1.29, 1.82) is 0 Å². The zero-order valence-electron chi connectivity index (χ0n) is 7.61. The second kappa shape index (κ2) is 3.35. The molecule has 0 heterocycles. The van der Waals surface area contributed by atoms with Crippen molar-refractivity contribution < 1.29 is 5.11 Å². The Bertz CT molecular complexity index is 317. The van der Waals surface area contributed by atoms with Gasteiger partial charge < -0.3 is 5.11 Å². The minimum absolute atomic E-state index is 0.213. The molecule has 68 valence electrons. The summed E-state index contributed by atoms with van der Waals surface area (Å²) in [5.74, 6) is 0.272. The predicted molar refractivity (Wildman–Crippen MR) is 53.7 cm³/mol. The van der Waals surface area contributed by atoms with E-state index in [0.29, 0.717) is 0 Å². The zero-order chi connectivity index (χ0) is 9.26. The first-order chi connectivity index (χ1) is 6.33. The van der Waals surface area contributed by atoms with Gasteiger partial charge in [0.15, 0.2) is 0 Å². The smallest absolute Gasteiger partial charge is 0.0652 e. The van der Waals surface area contributed by atoms with Crippen molar-refractivity contribution in [3.05, 3.63) is 48.0 Å². The molecule has 0 bridgehead atoms. The summed E-state index contributed by atoms with van der Waals surface area (Å²) < 4.78 is 0. The van der Waals surface area contributed by atoms with Crippen LogP contribution >= 0.6 is 0 Å². The molecule has 0 fully saturated rings. The van der Waals surface area contributed by atoms with Crippen LogP contribution in [0.1, 0.15) is 23.5 Å². The van der Waals surface area contributed by atoms with E-state index in [9.17, 15) is 5.11 Å². The van der Waals surface area contributed by atoms with Crippen molar-refractivity contribution >= 4 is 0 Å². The maximum atomic E-state index is 9.79. The van der Waals surface area contributed by atoms with Gasteiger partial charge in [-0.15, -0.1) is 6.58 Å². The molecular formula is C12H14O. The second-order valence-electron chi connectivity index (χ2n) is 3.60. The lowest BCUT2D eigenvalue weighted by atomic mass is 9.96. The highest BCUT2D eigenvalue weighted by Crippen LogP contribution is 2.35. The van der Waals surface area contributed by atoms with E-state index in [-0.39, 0.29) is 12.0 Å². The summed E-state index contributed by atoms with van der Waals surface area (Å²) in [7, 11) is 0. The summed E-state index contributed by atoms with van der Waals surface area (Å²) in [6.07, 6.45) is 3.35. The van der Waals surface area contributed by atoms with Gasteiger partial charge in [0.25, 0.3) is 0 Å². The molecule has 1 N–H and O–H groups in total. The molecular weight excluding hydrogens is 160 g/mol. The molecule has 1 aromatic rings. The summed E-state index contributed by atoms with van der Waals surface area (Å²) in [6.45, 7) is 3.72. The largest absolute Gasteiger partial charge is 0.392 e. The van der Waals surface area contributed by atoms with Crippen LogP contribution < -0.4 is 0 Å². The Hall–Kier alpha value is -1.08. The number of hydrogen-bond donors (Lipinski definition) is 1. The van der Waals surface area contributed by atoms with E-state index < -0.39 is 0 Å². The first-order valence-electron chi connectivity index (χ1n) is 4.69. The Morgan fingerprint density at radius 3 is 3.00 bits per heavy atom. The van der Waals surface area contributed by atoms with Crippen molar-refractivity contribution in [3.63, 3.8) is 0 Å². The Morgan fingerprint density at radius 1 is 1.46 bits per heavy atom. The Balaban J connectivity index is 2.34. The number of aliphatic hydroxyl groups is 1. The van der Waals surface area contributed by atoms with Gasteiger partial charge in [0.2, 0.25) is 0 Å². The number of allylic oxidation sites excluding steroid dienone is 1. The molecule has 0 saturated heterocycles. The lowest BCUT2D eigenvalue weighted by Gasteiger charge is -2.12. The number of rotatable bonds is 2. The molecule has 2 atom stereocenters. The van der Waals surface area contributed by atoms with Gasteiger partial charge in [0.1, 0.15) is 0 Å². The fourth-order valence-electron chi connectivity index (χ4n) is 2.12. The van der Waals surface area contributed by atoms with E-state index in [4.69, 9.17) is 0 Å². The quantitative estimate of drug-likeness (QED) is 0.682. The van der Waals surface area contributed by atoms with E-state index in [1.807, 2.05) is 18.2 Å². The van der Waals surface area contributed by atoms with Gasteiger partial charge in [-0.05, 0) is 24.0 Å². The molecule has 1 nitrogen and oxygen atoms in total. The minimum Gasteiger partial charge on any atom is -0.392 e. The van der Waals surface area contributed by atoms with E-state index in [1.54, 1.807) is 0 Å². The van der Waals surface area contributed by atoms with Crippen LogP contribution in [0, 0.1) is 0 Å². The lowest BCUT2D eigenvalue weighted by molar-refractivity contribution is 0.157. The van der Waals surface area contributed by atoms with Crippen LogP contribution in [0.25, 0.3) is 0 Å². The summed E-state index contributed by atoms with van der Waals surface area (Å²) in [6, 6.07) is 8.27. The highest BCUT2D eigenvalue weighted by atomic mass is 16.3. The maximum Gasteiger partial charge on any atom is 0.0652 e. The molecule has 1 heteroatoms. The number of benzene rings is 1. The van der Waals surface area contributed by atoms with Crippen molar-refractivity contribution in [1.82, 2.24) is 0 Å². The third kappa shape index (κ3) is 1.40. The van der Waals surface area contributed by atoms with E-state index in [2.05, 4.69) is 18.7 Å². The zero-order valence-corrected chi connectivity index (χ0v) is 7.61. The van der Waals surface area contributed by atoms with E-state index in [1.165, 1.54) is 11.1 Å². The van der Waals surface area contributed by atoms with Crippen LogP contribution in [0.5, 0.6) is 0 Å². The minimum atomic E-state index is -0.213. The van der Waals surface area contributed by atoms with Gasteiger partial charge in [-0.1, -0.05) is 30.3 Å². The van der Waals surface area contributed by atoms with Crippen LogP contribution in [-0.4, -0.2) is 11.2 Å². The van der Waals surface area contributed by atoms with Gasteiger partial charge in [-0.3, -0.25) is 0 Å². The lowest BCUT2D eigenvalue weighted by Crippen LogP contribution is -2.12.